The molecule has 0 aliphatic carbocycles. The maximum Gasteiger partial charge on any atom is 0.197 e. The molecule has 0 fully saturated rings. The maximum atomic E-state index is 10.5. The van der Waals surface area contributed by atoms with Crippen molar-refractivity contribution in [1.29, 1.82) is 5.26 Å². The van der Waals surface area contributed by atoms with Crippen molar-refractivity contribution in [3.63, 3.8) is 0 Å². The maximum absolute atomic E-state index is 10.5. The molecular formula is C46H27N3. The lowest BCUT2D eigenvalue weighted by molar-refractivity contribution is 1.17. The molecule has 1 aromatic heterocycles. The summed E-state index contributed by atoms with van der Waals surface area (Å²) in [5.41, 5.74) is 10.1. The van der Waals surface area contributed by atoms with Crippen LogP contribution in [0, 0.1) is 17.9 Å². The van der Waals surface area contributed by atoms with Gasteiger partial charge in [0.2, 0.25) is 0 Å². The molecule has 0 saturated heterocycles. The summed E-state index contributed by atoms with van der Waals surface area (Å²) in [6, 6.07) is 59.0. The van der Waals surface area contributed by atoms with Crippen LogP contribution in [0.3, 0.4) is 0 Å². The van der Waals surface area contributed by atoms with Gasteiger partial charge in [-0.15, -0.1) is 0 Å². The van der Waals surface area contributed by atoms with E-state index in [0.29, 0.717) is 16.9 Å². The van der Waals surface area contributed by atoms with Gasteiger partial charge in [-0.1, -0.05) is 140 Å². The summed E-state index contributed by atoms with van der Waals surface area (Å²) in [7, 11) is 0. The highest BCUT2D eigenvalue weighted by molar-refractivity contribution is 6.21. The van der Waals surface area contributed by atoms with Gasteiger partial charge in [-0.3, -0.25) is 0 Å². The van der Waals surface area contributed by atoms with Gasteiger partial charge in [0, 0.05) is 10.8 Å². The van der Waals surface area contributed by atoms with Crippen molar-refractivity contribution in [2.24, 2.45) is 0 Å². The van der Waals surface area contributed by atoms with Gasteiger partial charge < -0.3 is 4.57 Å². The average molecular weight is 622 g/mol. The van der Waals surface area contributed by atoms with E-state index in [0.717, 1.165) is 38.5 Å². The number of nitrogens with zero attached hydrogens (tertiary/aromatic N) is 3. The molecule has 0 bridgehead atoms. The predicted molar refractivity (Wildman–Crippen MR) is 203 cm³/mol. The molecule has 9 rings (SSSR count). The highest BCUT2D eigenvalue weighted by Gasteiger charge is 2.19. The second-order valence-electron chi connectivity index (χ2n) is 12.3. The van der Waals surface area contributed by atoms with Gasteiger partial charge in [-0.05, 0) is 79.2 Å². The van der Waals surface area contributed by atoms with Crippen molar-refractivity contribution in [2.75, 3.05) is 0 Å². The summed E-state index contributed by atoms with van der Waals surface area (Å²) in [5.74, 6) is 0. The number of hydrogen-bond acceptors (Lipinski definition) is 1. The smallest absolute Gasteiger partial charge is 0.197 e. The first-order valence-electron chi connectivity index (χ1n) is 16.3. The minimum Gasteiger partial charge on any atom is -0.309 e. The Morgan fingerprint density at radius 3 is 1.39 bits per heavy atom. The van der Waals surface area contributed by atoms with Crippen LogP contribution in [0.2, 0.25) is 0 Å². The Labute approximate surface area is 284 Å². The molecule has 1 heterocycles. The fraction of sp³-hybridized carbons (Fsp3) is 0. The second kappa shape index (κ2) is 11.4. The number of hydrogen-bond donors (Lipinski definition) is 0. The van der Waals surface area contributed by atoms with Crippen LogP contribution in [0.5, 0.6) is 0 Å². The van der Waals surface area contributed by atoms with Crippen molar-refractivity contribution < 1.29 is 0 Å². The van der Waals surface area contributed by atoms with Crippen LogP contribution >= 0.6 is 0 Å². The molecule has 0 saturated carbocycles. The molecule has 0 unspecified atom stereocenters. The van der Waals surface area contributed by atoms with E-state index >= 15 is 0 Å². The lowest BCUT2D eigenvalue weighted by Crippen LogP contribution is -1.98. The molecule has 0 aliphatic rings. The molecule has 0 radical (unpaired) electrons. The average Bonchev–Trinajstić information content (AvgIpc) is 3.51. The van der Waals surface area contributed by atoms with Crippen molar-refractivity contribution in [3.8, 4) is 45.1 Å². The first kappa shape index (κ1) is 28.3. The third-order valence-corrected chi connectivity index (χ3v) is 9.65. The van der Waals surface area contributed by atoms with E-state index in [4.69, 9.17) is 6.57 Å². The van der Waals surface area contributed by atoms with Gasteiger partial charge in [0.1, 0.15) is 6.07 Å². The number of nitriles is 1. The lowest BCUT2D eigenvalue weighted by Gasteiger charge is -2.18. The first-order chi connectivity index (χ1) is 24.2. The van der Waals surface area contributed by atoms with Crippen LogP contribution in [0.15, 0.2) is 164 Å². The van der Waals surface area contributed by atoms with Gasteiger partial charge in [0.25, 0.3) is 0 Å². The monoisotopic (exact) mass is 621 g/mol. The van der Waals surface area contributed by atoms with Crippen LogP contribution in [0.1, 0.15) is 5.56 Å². The zero-order chi connectivity index (χ0) is 32.9. The summed E-state index contributed by atoms with van der Waals surface area (Å²) in [6.07, 6.45) is 0. The Hall–Kier alpha value is -6.94. The molecule has 226 valence electrons. The van der Waals surface area contributed by atoms with Crippen molar-refractivity contribution in [1.82, 2.24) is 4.57 Å². The Morgan fingerprint density at radius 1 is 0.469 bits per heavy atom. The molecule has 9 aromatic rings. The Balaban J connectivity index is 1.21. The van der Waals surface area contributed by atoms with E-state index in [2.05, 4.69) is 143 Å². The van der Waals surface area contributed by atoms with E-state index in [1.54, 1.807) is 0 Å². The first-order valence-corrected chi connectivity index (χ1v) is 16.3. The van der Waals surface area contributed by atoms with Crippen molar-refractivity contribution >= 4 is 49.0 Å². The minimum atomic E-state index is 0.506. The van der Waals surface area contributed by atoms with E-state index in [1.807, 2.05) is 36.4 Å². The third kappa shape index (κ3) is 4.42. The molecule has 0 atom stereocenters. The highest BCUT2D eigenvalue weighted by Crippen LogP contribution is 2.44. The summed E-state index contributed by atoms with van der Waals surface area (Å²) in [6.45, 7) is 8.19. The van der Waals surface area contributed by atoms with Crippen LogP contribution in [-0.2, 0) is 0 Å². The number of rotatable bonds is 4. The Bertz CT molecular complexity index is 2720. The van der Waals surface area contributed by atoms with Crippen LogP contribution in [0.4, 0.5) is 5.69 Å². The quantitative estimate of drug-likeness (QED) is 0.142. The summed E-state index contributed by atoms with van der Waals surface area (Å²) in [5, 5.41) is 17.5. The largest absolute Gasteiger partial charge is 0.309 e. The molecule has 3 heteroatoms. The van der Waals surface area contributed by atoms with Crippen LogP contribution in [0.25, 0.3) is 87.3 Å². The molecule has 0 aliphatic heterocycles. The van der Waals surface area contributed by atoms with E-state index in [-0.39, 0.29) is 0 Å². The van der Waals surface area contributed by atoms with Gasteiger partial charge in [0.05, 0.1) is 28.9 Å². The number of benzene rings is 8. The minimum absolute atomic E-state index is 0.506. The Kier molecular flexibility index (Phi) is 6.58. The van der Waals surface area contributed by atoms with E-state index in [9.17, 15) is 5.26 Å². The van der Waals surface area contributed by atoms with Gasteiger partial charge in [-0.2, -0.15) is 5.26 Å². The number of fused-ring (bicyclic) bond motifs is 5. The second-order valence-corrected chi connectivity index (χ2v) is 12.3. The normalized spacial score (nSPS) is 11.2. The summed E-state index contributed by atoms with van der Waals surface area (Å²) >= 11 is 0. The summed E-state index contributed by atoms with van der Waals surface area (Å²) < 4.78 is 2.11. The van der Waals surface area contributed by atoms with Gasteiger partial charge in [-0.25, -0.2) is 4.85 Å². The van der Waals surface area contributed by atoms with Crippen molar-refractivity contribution in [2.45, 2.75) is 0 Å². The molecule has 0 amide bonds. The van der Waals surface area contributed by atoms with E-state index in [1.165, 1.54) is 38.2 Å². The number of para-hydroxylation sites is 2. The highest BCUT2D eigenvalue weighted by atomic mass is 15.0. The topological polar surface area (TPSA) is 33.1 Å². The fourth-order valence-electron chi connectivity index (χ4n) is 7.53. The van der Waals surface area contributed by atoms with Crippen molar-refractivity contribution in [3.05, 3.63) is 181 Å². The van der Waals surface area contributed by atoms with Gasteiger partial charge >= 0.3 is 0 Å². The standard InChI is InChI=1S/C46H27N3/c1-48-41-28-44(49-42-21-11-9-15-34(42)35-16-10-12-22-43(35)49)33(29-47)27-40(41)30-23-25-32(26-24-30)46-38-19-7-5-17-36(38)45(31-13-3-2-4-14-31)37-18-6-8-20-39(37)46/h2-28H. The van der Waals surface area contributed by atoms with Crippen LogP contribution in [-0.4, -0.2) is 4.57 Å². The summed E-state index contributed by atoms with van der Waals surface area (Å²) in [4.78, 5) is 3.98. The Morgan fingerprint density at radius 2 is 0.898 bits per heavy atom. The fourth-order valence-corrected chi connectivity index (χ4v) is 7.53. The van der Waals surface area contributed by atoms with E-state index < -0.39 is 0 Å². The molecule has 0 spiro atoms. The molecule has 49 heavy (non-hydrogen) atoms. The molecule has 8 aromatic carbocycles. The molecular weight excluding hydrogens is 595 g/mol. The number of aromatic nitrogens is 1. The predicted octanol–water partition coefficient (Wildman–Crippen LogP) is 12.5. The zero-order valence-electron chi connectivity index (χ0n) is 26.4. The third-order valence-electron chi connectivity index (χ3n) is 9.65. The lowest BCUT2D eigenvalue weighted by atomic mass is 9.85. The SMILES string of the molecule is [C-]#[N+]c1cc(-n2c3ccccc3c3ccccc32)c(C#N)cc1-c1ccc(-c2c3ccccc3c(-c3ccccc3)c3ccccc23)cc1. The molecule has 3 nitrogen and oxygen atoms in total. The van der Waals surface area contributed by atoms with Crippen LogP contribution < -0.4 is 0 Å². The van der Waals surface area contributed by atoms with Gasteiger partial charge in [0.15, 0.2) is 5.69 Å². The zero-order valence-corrected chi connectivity index (χ0v) is 26.4. The molecule has 0 N–H and O–H groups in total.